The number of aliphatic imine (C=N–C) groups is 1. The number of anilines is 1. The third-order valence-electron chi connectivity index (χ3n) is 6.01. The van der Waals surface area contributed by atoms with Crippen LogP contribution in [0.2, 0.25) is 0 Å². The van der Waals surface area contributed by atoms with Gasteiger partial charge in [0.05, 0.1) is 13.7 Å². The van der Waals surface area contributed by atoms with E-state index in [1.807, 2.05) is 6.92 Å². The Kier molecular flexibility index (Phi) is 7.17. The molecule has 3 unspecified atom stereocenters. The van der Waals surface area contributed by atoms with Gasteiger partial charge in [0, 0.05) is 35.4 Å². The molecule has 35 heavy (non-hydrogen) atoms. The number of aromatic nitrogens is 2. The summed E-state index contributed by atoms with van der Waals surface area (Å²) in [5.41, 5.74) is 3.80. The van der Waals surface area contributed by atoms with Gasteiger partial charge in [-0.3, -0.25) is 4.79 Å². The molecule has 1 aromatic heterocycles. The number of thioether (sulfide) groups is 1. The van der Waals surface area contributed by atoms with Crippen molar-refractivity contribution >= 4 is 28.5 Å². The molecule has 0 spiro atoms. The molecule has 2 aliphatic rings. The smallest absolute Gasteiger partial charge is 0.386 e. The number of hydrogen-bond acceptors (Lipinski definition) is 7. The Hall–Kier alpha value is -2.93. The molecule has 2 aromatic rings. The Morgan fingerprint density at radius 2 is 2.20 bits per heavy atom. The molecule has 3 N–H and O–H groups in total. The summed E-state index contributed by atoms with van der Waals surface area (Å²) in [6, 6.07) is 1.98. The van der Waals surface area contributed by atoms with Gasteiger partial charge in [0.1, 0.15) is 17.8 Å². The summed E-state index contributed by atoms with van der Waals surface area (Å²) in [6.45, 7) is 2.11. The number of nitrogens with one attached hydrogen (secondary N) is 1. The van der Waals surface area contributed by atoms with Crippen LogP contribution in [0.15, 0.2) is 29.5 Å². The van der Waals surface area contributed by atoms with Gasteiger partial charge in [-0.25, -0.2) is 27.5 Å². The fraction of sp³-hybridized carbons (Fsp3) is 0.455. The average molecular weight is 515 g/mol. The molecule has 3 heterocycles. The molecule has 188 valence electrons. The molecule has 4 rings (SSSR count). The Morgan fingerprint density at radius 1 is 1.43 bits per heavy atom. The molecule has 2 aliphatic heterocycles. The lowest BCUT2D eigenvalue weighted by atomic mass is 9.78. The highest BCUT2D eigenvalue weighted by molar-refractivity contribution is 8.13. The summed E-state index contributed by atoms with van der Waals surface area (Å²) >= 11 is 1.05. The lowest BCUT2D eigenvalue weighted by Crippen LogP contribution is -2.44. The number of nitrogens with zero attached hydrogens (tertiary/aromatic N) is 3. The number of hydrogen-bond donors (Lipinski definition) is 2. The number of nitrogens with two attached hydrogens (primary N) is 1. The fourth-order valence-electron chi connectivity index (χ4n) is 4.37. The van der Waals surface area contributed by atoms with E-state index in [0.717, 1.165) is 24.2 Å². The van der Waals surface area contributed by atoms with Crippen LogP contribution in [0.3, 0.4) is 0 Å². The van der Waals surface area contributed by atoms with Gasteiger partial charge in [0.15, 0.2) is 29.0 Å². The van der Waals surface area contributed by atoms with Crippen molar-refractivity contribution < 1.29 is 36.4 Å². The van der Waals surface area contributed by atoms with E-state index in [1.165, 1.54) is 25.6 Å². The molecule has 1 saturated heterocycles. The first-order valence-electron chi connectivity index (χ1n) is 10.8. The van der Waals surface area contributed by atoms with Crippen LogP contribution in [-0.2, 0) is 16.8 Å². The minimum Gasteiger partial charge on any atom is -0.447 e. The van der Waals surface area contributed by atoms with Crippen molar-refractivity contribution in [2.75, 3.05) is 24.8 Å². The van der Waals surface area contributed by atoms with E-state index in [1.54, 1.807) is 4.57 Å². The van der Waals surface area contributed by atoms with E-state index >= 15 is 4.39 Å². The largest absolute Gasteiger partial charge is 0.447 e. The molecule has 1 amide bonds. The summed E-state index contributed by atoms with van der Waals surface area (Å²) in [5, 5.41) is 2.55. The normalized spacial score (nSPS) is 23.7. The highest BCUT2D eigenvalue weighted by Gasteiger charge is 2.57. The van der Waals surface area contributed by atoms with Gasteiger partial charge in [-0.05, 0) is 6.07 Å². The second-order valence-electron chi connectivity index (χ2n) is 8.18. The molecule has 8 nitrogen and oxygen atoms in total. The third kappa shape index (κ3) is 4.66. The number of ether oxygens (including phenoxy) is 2. The summed E-state index contributed by atoms with van der Waals surface area (Å²) in [6.07, 6.45) is -0.732. The molecule has 0 bridgehead atoms. The maximum Gasteiger partial charge on any atom is 0.386 e. The van der Waals surface area contributed by atoms with Crippen molar-refractivity contribution in [2.24, 2.45) is 16.6 Å². The summed E-state index contributed by atoms with van der Waals surface area (Å²) < 4.78 is 69.1. The first-order chi connectivity index (χ1) is 16.7. The predicted molar refractivity (Wildman–Crippen MR) is 121 cm³/mol. The van der Waals surface area contributed by atoms with Crippen molar-refractivity contribution in [2.45, 2.75) is 38.0 Å². The second-order valence-corrected chi connectivity index (χ2v) is 9.22. The van der Waals surface area contributed by atoms with Crippen LogP contribution in [0.25, 0.3) is 0 Å². The van der Waals surface area contributed by atoms with Crippen molar-refractivity contribution in [3.63, 3.8) is 0 Å². The number of amides is 1. The molecule has 13 heteroatoms. The number of carbonyl (C=O) groups is 1. The molecule has 1 fully saturated rings. The number of aryl methyl sites for hydroxylation is 1. The monoisotopic (exact) mass is 514 g/mol. The third-order valence-corrected chi connectivity index (χ3v) is 6.92. The van der Waals surface area contributed by atoms with Gasteiger partial charge < -0.3 is 20.5 Å². The van der Waals surface area contributed by atoms with Gasteiger partial charge in [-0.2, -0.15) is 4.57 Å². The standard InChI is InChI=1S/C22H23F4N5O3S/c1-3-4-31-8-15(28-7-16(31)33-2)20(32)29-11-5-12(17(24)14(23)6-11)22-10-34-18(19(25)26)13(22)9-35-21(27)30-22/h5-8,13,18-19H,3-4,9-10H2,1-2H3,(H2-,27,29,30,32)/p+1. The van der Waals surface area contributed by atoms with E-state index in [2.05, 4.69) is 15.3 Å². The van der Waals surface area contributed by atoms with Crippen LogP contribution >= 0.6 is 11.8 Å². The van der Waals surface area contributed by atoms with Gasteiger partial charge >= 0.3 is 5.88 Å². The summed E-state index contributed by atoms with van der Waals surface area (Å²) in [4.78, 5) is 21.2. The van der Waals surface area contributed by atoms with Crippen LogP contribution in [0.4, 0.5) is 23.2 Å². The van der Waals surface area contributed by atoms with Gasteiger partial charge in [0.2, 0.25) is 6.20 Å². The molecular formula is C22H24F4N5O3S+. The topological polar surface area (TPSA) is 103 Å². The first-order valence-corrected chi connectivity index (χ1v) is 11.8. The van der Waals surface area contributed by atoms with Gasteiger partial charge in [0.25, 0.3) is 12.3 Å². The van der Waals surface area contributed by atoms with Crippen LogP contribution in [-0.4, -0.2) is 48.1 Å². The van der Waals surface area contributed by atoms with E-state index in [9.17, 15) is 18.0 Å². The Labute approximate surface area is 202 Å². The number of amidine groups is 1. The maximum absolute atomic E-state index is 15.1. The number of carbonyl (C=O) groups excluding carboxylic acids is 1. The fourth-order valence-corrected chi connectivity index (χ4v) is 5.42. The zero-order valence-electron chi connectivity index (χ0n) is 18.9. The Balaban J connectivity index is 1.71. The summed E-state index contributed by atoms with van der Waals surface area (Å²) in [5.74, 6) is -3.63. The number of fused-ring (bicyclic) bond motifs is 1. The Morgan fingerprint density at radius 3 is 2.89 bits per heavy atom. The van der Waals surface area contributed by atoms with E-state index in [4.69, 9.17) is 15.2 Å². The van der Waals surface area contributed by atoms with Crippen molar-refractivity contribution in [1.82, 2.24) is 4.98 Å². The van der Waals surface area contributed by atoms with Crippen molar-refractivity contribution in [3.8, 4) is 5.88 Å². The van der Waals surface area contributed by atoms with Crippen LogP contribution in [0.5, 0.6) is 5.88 Å². The highest BCUT2D eigenvalue weighted by Crippen LogP contribution is 2.50. The molecular weight excluding hydrogens is 490 g/mol. The lowest BCUT2D eigenvalue weighted by Gasteiger charge is -2.36. The van der Waals surface area contributed by atoms with Gasteiger partial charge in [-0.15, -0.1) is 0 Å². The predicted octanol–water partition coefficient (Wildman–Crippen LogP) is 2.86. The molecule has 0 radical (unpaired) electrons. The lowest BCUT2D eigenvalue weighted by molar-refractivity contribution is -0.702. The maximum atomic E-state index is 15.1. The number of halogens is 4. The highest BCUT2D eigenvalue weighted by atomic mass is 32.2. The quantitative estimate of drug-likeness (QED) is 0.435. The second kappa shape index (κ2) is 9.97. The number of methoxy groups -OCH3 is 1. The zero-order valence-corrected chi connectivity index (χ0v) is 19.8. The molecule has 0 aliphatic carbocycles. The molecule has 3 atom stereocenters. The minimum atomic E-state index is -2.84. The SMILES string of the molecule is CCC[n+]1cc(C(=O)Nc2cc(F)c(F)c(C34COC(C(F)F)C3CSC(N)=N4)c2)ncc1OC. The molecule has 1 aromatic carbocycles. The van der Waals surface area contributed by atoms with E-state index in [0.29, 0.717) is 12.4 Å². The van der Waals surface area contributed by atoms with Crippen LogP contribution in [0, 0.1) is 17.6 Å². The number of rotatable bonds is 7. The van der Waals surface area contributed by atoms with Crippen molar-refractivity contribution in [1.29, 1.82) is 0 Å². The van der Waals surface area contributed by atoms with E-state index < -0.39 is 48.1 Å². The first kappa shape index (κ1) is 25.2. The van der Waals surface area contributed by atoms with E-state index in [-0.39, 0.29) is 27.9 Å². The number of benzene rings is 1. The zero-order chi connectivity index (χ0) is 25.3. The van der Waals surface area contributed by atoms with Crippen LogP contribution < -0.4 is 20.4 Å². The molecule has 0 saturated carbocycles. The Bertz CT molecular complexity index is 1170. The number of alkyl halides is 2. The minimum absolute atomic E-state index is 0.0138. The van der Waals surface area contributed by atoms with Crippen LogP contribution in [0.1, 0.15) is 29.4 Å². The average Bonchev–Trinajstić information content (AvgIpc) is 3.21. The van der Waals surface area contributed by atoms with Crippen molar-refractivity contribution in [3.05, 3.63) is 47.4 Å². The summed E-state index contributed by atoms with van der Waals surface area (Å²) in [7, 11) is 1.47. The van der Waals surface area contributed by atoms with Gasteiger partial charge in [-0.1, -0.05) is 18.7 Å².